The zero-order chi connectivity index (χ0) is 11.8. The van der Waals surface area contributed by atoms with Crippen molar-refractivity contribution in [2.45, 2.75) is 0 Å². The van der Waals surface area contributed by atoms with Gasteiger partial charge >= 0.3 is 5.69 Å². The Hall–Kier alpha value is -2.14. The van der Waals surface area contributed by atoms with E-state index in [-0.39, 0.29) is 5.69 Å². The maximum atomic E-state index is 12.0. The SMILES string of the molecule is O=c1n(-c2ccc(Cl)cc2)nc2cccnn12. The molecule has 0 saturated carbocycles. The summed E-state index contributed by atoms with van der Waals surface area (Å²) in [4.78, 5) is 12.0. The third-order valence-corrected chi connectivity index (χ3v) is 2.62. The smallest absolute Gasteiger partial charge is 0.243 e. The zero-order valence-corrected chi connectivity index (χ0v) is 9.37. The van der Waals surface area contributed by atoms with E-state index in [1.807, 2.05) is 0 Å². The van der Waals surface area contributed by atoms with Crippen molar-refractivity contribution in [2.24, 2.45) is 0 Å². The molecular weight excluding hydrogens is 240 g/mol. The molecule has 2 aromatic heterocycles. The number of hydrogen-bond acceptors (Lipinski definition) is 3. The maximum absolute atomic E-state index is 12.0. The first-order valence-electron chi connectivity index (χ1n) is 4.95. The average Bonchev–Trinajstić information content (AvgIpc) is 2.69. The zero-order valence-electron chi connectivity index (χ0n) is 8.62. The van der Waals surface area contributed by atoms with E-state index in [0.717, 1.165) is 0 Å². The number of halogens is 1. The summed E-state index contributed by atoms with van der Waals surface area (Å²) >= 11 is 5.79. The highest BCUT2D eigenvalue weighted by atomic mass is 35.5. The summed E-state index contributed by atoms with van der Waals surface area (Å²) in [5, 5.41) is 8.73. The molecule has 3 rings (SSSR count). The van der Waals surface area contributed by atoms with Crippen LogP contribution in [0.25, 0.3) is 11.3 Å². The van der Waals surface area contributed by atoms with Gasteiger partial charge in [-0.25, -0.2) is 4.79 Å². The van der Waals surface area contributed by atoms with E-state index in [2.05, 4.69) is 10.2 Å². The first-order chi connectivity index (χ1) is 8.25. The van der Waals surface area contributed by atoms with Gasteiger partial charge in [-0.1, -0.05) is 11.6 Å². The molecular formula is C11H7ClN4O. The van der Waals surface area contributed by atoms with E-state index in [9.17, 15) is 4.79 Å². The van der Waals surface area contributed by atoms with Gasteiger partial charge in [0.15, 0.2) is 5.65 Å². The molecule has 0 radical (unpaired) electrons. The van der Waals surface area contributed by atoms with Crippen molar-refractivity contribution in [1.82, 2.24) is 19.4 Å². The van der Waals surface area contributed by atoms with Crippen molar-refractivity contribution < 1.29 is 0 Å². The van der Waals surface area contributed by atoms with Crippen LogP contribution in [0.5, 0.6) is 0 Å². The highest BCUT2D eigenvalue weighted by Gasteiger charge is 2.08. The number of rotatable bonds is 1. The Labute approximate surface area is 101 Å². The third kappa shape index (κ3) is 1.60. The van der Waals surface area contributed by atoms with E-state index >= 15 is 0 Å². The van der Waals surface area contributed by atoms with Crippen LogP contribution in [0.4, 0.5) is 0 Å². The molecule has 0 aliphatic rings. The first-order valence-corrected chi connectivity index (χ1v) is 5.32. The fourth-order valence-electron chi connectivity index (χ4n) is 1.57. The fourth-order valence-corrected chi connectivity index (χ4v) is 1.70. The minimum absolute atomic E-state index is 0.303. The Morgan fingerprint density at radius 1 is 1.12 bits per heavy atom. The topological polar surface area (TPSA) is 52.2 Å². The molecule has 6 heteroatoms. The Bertz CT molecular complexity index is 729. The molecule has 0 amide bonds. The maximum Gasteiger partial charge on any atom is 0.371 e. The van der Waals surface area contributed by atoms with E-state index in [1.165, 1.54) is 9.20 Å². The van der Waals surface area contributed by atoms with Crippen LogP contribution in [0, 0.1) is 0 Å². The Morgan fingerprint density at radius 3 is 2.59 bits per heavy atom. The second-order valence-electron chi connectivity index (χ2n) is 3.46. The van der Waals surface area contributed by atoms with Gasteiger partial charge in [-0.3, -0.25) is 0 Å². The van der Waals surface area contributed by atoms with Crippen LogP contribution in [0.1, 0.15) is 0 Å². The van der Waals surface area contributed by atoms with Crippen molar-refractivity contribution in [3.05, 3.63) is 58.1 Å². The number of hydrogen-bond donors (Lipinski definition) is 0. The van der Waals surface area contributed by atoms with Crippen molar-refractivity contribution in [3.63, 3.8) is 0 Å². The molecule has 17 heavy (non-hydrogen) atoms. The van der Waals surface area contributed by atoms with E-state index in [1.54, 1.807) is 42.6 Å². The fraction of sp³-hybridized carbons (Fsp3) is 0. The van der Waals surface area contributed by atoms with Gasteiger partial charge in [-0.15, -0.1) is 5.10 Å². The van der Waals surface area contributed by atoms with Gasteiger partial charge < -0.3 is 0 Å². The van der Waals surface area contributed by atoms with Crippen LogP contribution >= 0.6 is 11.6 Å². The lowest BCUT2D eigenvalue weighted by Gasteiger charge is -1.97. The molecule has 1 aromatic carbocycles. The molecule has 0 aliphatic heterocycles. The monoisotopic (exact) mass is 246 g/mol. The van der Waals surface area contributed by atoms with Crippen molar-refractivity contribution >= 4 is 17.2 Å². The first kappa shape index (κ1) is 10.0. The summed E-state index contributed by atoms with van der Waals surface area (Å²) < 4.78 is 2.53. The highest BCUT2D eigenvalue weighted by Crippen LogP contribution is 2.11. The number of benzene rings is 1. The lowest BCUT2D eigenvalue weighted by Crippen LogP contribution is -2.20. The van der Waals surface area contributed by atoms with Gasteiger partial charge in [-0.05, 0) is 36.4 Å². The molecule has 5 nitrogen and oxygen atoms in total. The predicted octanol–water partition coefficient (Wildman–Crippen LogP) is 1.53. The Kier molecular flexibility index (Phi) is 2.19. The molecule has 0 aliphatic carbocycles. The van der Waals surface area contributed by atoms with Crippen LogP contribution in [0.3, 0.4) is 0 Å². The van der Waals surface area contributed by atoms with Gasteiger partial charge in [-0.2, -0.15) is 14.3 Å². The Morgan fingerprint density at radius 2 is 1.88 bits per heavy atom. The van der Waals surface area contributed by atoms with Crippen LogP contribution in [-0.2, 0) is 0 Å². The van der Waals surface area contributed by atoms with Crippen LogP contribution in [0.2, 0.25) is 5.02 Å². The normalized spacial score (nSPS) is 10.9. The van der Waals surface area contributed by atoms with Gasteiger partial charge in [0.2, 0.25) is 0 Å². The van der Waals surface area contributed by atoms with Gasteiger partial charge in [0, 0.05) is 11.2 Å². The standard InChI is InChI=1S/C11H7ClN4O/c12-8-3-5-9(6-4-8)15-11(17)16-10(14-15)2-1-7-13-16/h1-7H. The minimum atomic E-state index is -0.303. The molecule has 3 aromatic rings. The second kappa shape index (κ2) is 3.71. The Balaban J connectivity index is 2.27. The van der Waals surface area contributed by atoms with Crippen LogP contribution in [0.15, 0.2) is 47.4 Å². The van der Waals surface area contributed by atoms with Gasteiger partial charge in [0.05, 0.1) is 5.69 Å². The van der Waals surface area contributed by atoms with Gasteiger partial charge in [0.25, 0.3) is 0 Å². The van der Waals surface area contributed by atoms with Crippen LogP contribution < -0.4 is 5.69 Å². The van der Waals surface area contributed by atoms with Crippen molar-refractivity contribution in [3.8, 4) is 5.69 Å². The molecule has 0 fully saturated rings. The molecule has 2 heterocycles. The highest BCUT2D eigenvalue weighted by molar-refractivity contribution is 6.30. The third-order valence-electron chi connectivity index (χ3n) is 2.37. The number of fused-ring (bicyclic) bond motifs is 1. The van der Waals surface area contributed by atoms with Crippen molar-refractivity contribution in [2.75, 3.05) is 0 Å². The molecule has 0 atom stereocenters. The van der Waals surface area contributed by atoms with E-state index in [4.69, 9.17) is 11.6 Å². The molecule has 0 spiro atoms. The molecule has 0 N–H and O–H groups in total. The molecule has 0 unspecified atom stereocenters. The van der Waals surface area contributed by atoms with Gasteiger partial charge in [0.1, 0.15) is 0 Å². The number of aromatic nitrogens is 4. The molecule has 84 valence electrons. The van der Waals surface area contributed by atoms with Crippen molar-refractivity contribution in [1.29, 1.82) is 0 Å². The number of nitrogens with zero attached hydrogens (tertiary/aromatic N) is 4. The summed E-state index contributed by atoms with van der Waals surface area (Å²) in [6, 6.07) is 10.3. The average molecular weight is 247 g/mol. The quantitative estimate of drug-likeness (QED) is 0.654. The van der Waals surface area contributed by atoms with E-state index in [0.29, 0.717) is 16.4 Å². The minimum Gasteiger partial charge on any atom is -0.243 e. The summed E-state index contributed by atoms with van der Waals surface area (Å²) in [6.07, 6.45) is 1.54. The molecule has 0 bridgehead atoms. The lowest BCUT2D eigenvalue weighted by molar-refractivity contribution is 0.803. The second-order valence-corrected chi connectivity index (χ2v) is 3.90. The predicted molar refractivity (Wildman–Crippen MR) is 63.6 cm³/mol. The summed E-state index contributed by atoms with van der Waals surface area (Å²) in [5.74, 6) is 0. The molecule has 0 saturated heterocycles. The summed E-state index contributed by atoms with van der Waals surface area (Å²) in [5.41, 5.74) is 0.861. The summed E-state index contributed by atoms with van der Waals surface area (Å²) in [6.45, 7) is 0. The lowest BCUT2D eigenvalue weighted by atomic mass is 10.3. The largest absolute Gasteiger partial charge is 0.371 e. The van der Waals surface area contributed by atoms with Crippen LogP contribution in [-0.4, -0.2) is 19.4 Å². The summed E-state index contributed by atoms with van der Waals surface area (Å²) in [7, 11) is 0. The van der Waals surface area contributed by atoms with E-state index < -0.39 is 0 Å².